The van der Waals surface area contributed by atoms with Gasteiger partial charge in [0, 0.05) is 42.5 Å². The Morgan fingerprint density at radius 2 is 2.03 bits per heavy atom. The number of rotatable bonds is 3. The zero-order valence-electron chi connectivity index (χ0n) is 19.1. The van der Waals surface area contributed by atoms with E-state index in [4.69, 9.17) is 0 Å². The number of halogens is 3. The normalized spacial score (nSPS) is 20.4. The second-order valence-electron chi connectivity index (χ2n) is 9.49. The summed E-state index contributed by atoms with van der Waals surface area (Å²) >= 11 is 0. The van der Waals surface area contributed by atoms with E-state index in [2.05, 4.69) is 33.5 Å². The molecule has 0 radical (unpaired) electrons. The van der Waals surface area contributed by atoms with Gasteiger partial charge in [-0.15, -0.1) is 0 Å². The summed E-state index contributed by atoms with van der Waals surface area (Å²) in [5.74, 6) is -1.31. The van der Waals surface area contributed by atoms with Gasteiger partial charge in [0.1, 0.15) is 5.65 Å². The molecule has 1 aromatic carbocycles. The van der Waals surface area contributed by atoms with Gasteiger partial charge < -0.3 is 20.3 Å². The molecule has 0 saturated carbocycles. The average molecular weight is 473 g/mol. The highest BCUT2D eigenvalue weighted by Gasteiger charge is 2.57. The molecule has 2 aromatic heterocycles. The van der Waals surface area contributed by atoms with Gasteiger partial charge in [0.05, 0.1) is 0 Å². The summed E-state index contributed by atoms with van der Waals surface area (Å²) in [7, 11) is 0. The summed E-state index contributed by atoms with van der Waals surface area (Å²) in [6.45, 7) is 3.58. The molecule has 34 heavy (non-hydrogen) atoms. The lowest BCUT2D eigenvalue weighted by Crippen LogP contribution is -2.56. The van der Waals surface area contributed by atoms with Gasteiger partial charge in [-0.1, -0.05) is 6.07 Å². The minimum absolute atomic E-state index is 0.0440. The van der Waals surface area contributed by atoms with Gasteiger partial charge in [-0.05, 0) is 79.6 Å². The highest BCUT2D eigenvalue weighted by Crippen LogP contribution is 2.38. The Morgan fingerprint density at radius 3 is 2.74 bits per heavy atom. The molecule has 0 aliphatic carbocycles. The second-order valence-corrected chi connectivity index (χ2v) is 9.49. The number of carbonyl (C=O) groups is 1. The number of aliphatic hydroxyl groups is 1. The fourth-order valence-corrected chi connectivity index (χ4v) is 5.02. The molecule has 2 aliphatic heterocycles. The number of hydrogen-bond donors (Lipinski definition) is 3. The van der Waals surface area contributed by atoms with E-state index >= 15 is 0 Å². The zero-order chi connectivity index (χ0) is 24.3. The number of aromatic nitrogens is 2. The van der Waals surface area contributed by atoms with Crippen LogP contribution in [-0.2, 0) is 17.8 Å². The molecule has 6 nitrogen and oxygen atoms in total. The topological polar surface area (TPSA) is 81.2 Å². The number of fused-ring (bicyclic) bond motifs is 2. The largest absolute Gasteiger partial charge is 0.426 e. The molecule has 3 N–H and O–H groups in total. The first-order chi connectivity index (χ1) is 16.1. The summed E-state index contributed by atoms with van der Waals surface area (Å²) in [6, 6.07) is 6.30. The van der Waals surface area contributed by atoms with Gasteiger partial charge in [0.2, 0.25) is 5.60 Å². The van der Waals surface area contributed by atoms with Gasteiger partial charge in [-0.3, -0.25) is 4.79 Å². The van der Waals surface area contributed by atoms with Crippen LogP contribution in [0.1, 0.15) is 48.1 Å². The van der Waals surface area contributed by atoms with Gasteiger partial charge >= 0.3 is 6.18 Å². The molecule has 1 fully saturated rings. The number of hydrogen-bond acceptors (Lipinski definition) is 4. The molecular formula is C25H27F3N4O2. The monoisotopic (exact) mass is 472 g/mol. The Morgan fingerprint density at radius 1 is 1.24 bits per heavy atom. The first-order valence-electron chi connectivity index (χ1n) is 11.5. The number of nitrogens with one attached hydrogen (secondary N) is 2. The second kappa shape index (κ2) is 8.09. The summed E-state index contributed by atoms with van der Waals surface area (Å²) < 4.78 is 39.9. The van der Waals surface area contributed by atoms with Crippen LogP contribution in [0, 0.1) is 6.92 Å². The van der Waals surface area contributed by atoms with Crippen molar-refractivity contribution in [2.45, 2.75) is 57.5 Å². The Hall–Kier alpha value is -2.91. The van der Waals surface area contributed by atoms with Crippen molar-refractivity contribution in [3.63, 3.8) is 0 Å². The van der Waals surface area contributed by atoms with Crippen LogP contribution in [0.5, 0.6) is 0 Å². The third-order valence-electron chi connectivity index (χ3n) is 7.14. The molecule has 3 aromatic rings. The molecule has 2 aliphatic rings. The maximum absolute atomic E-state index is 13.3. The van der Waals surface area contributed by atoms with Gasteiger partial charge in [-0.2, -0.15) is 13.2 Å². The minimum atomic E-state index is -5.04. The summed E-state index contributed by atoms with van der Waals surface area (Å²) in [6.07, 6.45) is 1.05. The molecule has 1 amide bonds. The molecule has 2 atom stereocenters. The Balaban J connectivity index is 1.55. The van der Waals surface area contributed by atoms with E-state index in [0.717, 1.165) is 68.7 Å². The van der Waals surface area contributed by atoms with Gasteiger partial charge in [0.25, 0.3) is 5.91 Å². The standard InChI is InChI=1S/C25H27F3N4O2/c1-14-11-30-22-18(14)10-17(12-31-22)16-8-15-5-7-32(23(33)24(2,34)25(26,27)28)13-20(15)19(9-16)21-4-3-6-29-21/h8-12,21,29,34H,3-7,13H2,1-2H3,(H,30,31)/t21-,24?/m0/s1. The summed E-state index contributed by atoms with van der Waals surface area (Å²) in [5, 5.41) is 14.5. The first kappa shape index (κ1) is 22.9. The number of nitrogens with zero attached hydrogens (tertiary/aromatic N) is 2. The van der Waals surface area contributed by atoms with Crippen molar-refractivity contribution in [2.24, 2.45) is 0 Å². The third kappa shape index (κ3) is 3.76. The number of aromatic amines is 1. The van der Waals surface area contributed by atoms with Crippen molar-refractivity contribution in [1.82, 2.24) is 20.2 Å². The molecular weight excluding hydrogens is 445 g/mol. The summed E-state index contributed by atoms with van der Waals surface area (Å²) in [4.78, 5) is 21.5. The van der Waals surface area contributed by atoms with Crippen molar-refractivity contribution in [2.75, 3.05) is 13.1 Å². The third-order valence-corrected chi connectivity index (χ3v) is 7.14. The predicted octanol–water partition coefficient (Wildman–Crippen LogP) is 4.16. The Labute approximate surface area is 195 Å². The molecule has 180 valence electrons. The van der Waals surface area contributed by atoms with Crippen LogP contribution in [0.15, 0.2) is 30.6 Å². The van der Waals surface area contributed by atoms with E-state index in [9.17, 15) is 23.1 Å². The van der Waals surface area contributed by atoms with E-state index in [1.54, 1.807) is 0 Å². The molecule has 1 saturated heterocycles. The predicted molar refractivity (Wildman–Crippen MR) is 122 cm³/mol. The van der Waals surface area contributed by atoms with E-state index in [-0.39, 0.29) is 19.1 Å². The van der Waals surface area contributed by atoms with Crippen molar-refractivity contribution < 1.29 is 23.1 Å². The van der Waals surface area contributed by atoms with Crippen LogP contribution in [0.4, 0.5) is 13.2 Å². The fourth-order valence-electron chi connectivity index (χ4n) is 5.02. The fraction of sp³-hybridized carbons (Fsp3) is 0.440. The van der Waals surface area contributed by atoms with E-state index < -0.39 is 17.7 Å². The number of amides is 1. The van der Waals surface area contributed by atoms with E-state index in [1.807, 2.05) is 19.3 Å². The number of benzene rings is 1. The first-order valence-corrected chi connectivity index (χ1v) is 11.5. The zero-order valence-corrected chi connectivity index (χ0v) is 19.1. The molecule has 5 rings (SSSR count). The van der Waals surface area contributed by atoms with Gasteiger partial charge in [-0.25, -0.2) is 4.98 Å². The number of alkyl halides is 3. The van der Waals surface area contributed by atoms with Crippen LogP contribution < -0.4 is 5.32 Å². The molecule has 0 bridgehead atoms. The van der Waals surface area contributed by atoms with Crippen molar-refractivity contribution in [3.05, 3.63) is 52.8 Å². The lowest BCUT2D eigenvalue weighted by molar-refractivity contribution is -0.250. The maximum atomic E-state index is 13.3. The number of pyridine rings is 1. The van der Waals surface area contributed by atoms with E-state index in [1.165, 1.54) is 0 Å². The average Bonchev–Trinajstić information content (AvgIpc) is 3.47. The van der Waals surface area contributed by atoms with Crippen molar-refractivity contribution in [1.29, 1.82) is 0 Å². The SMILES string of the molecule is Cc1c[nH]c2ncc(-c3cc4c(c([C@@H]5CCCN5)c3)CN(C(=O)C(C)(O)C(F)(F)F)CC4)cc12. The van der Waals surface area contributed by atoms with E-state index in [0.29, 0.717) is 13.3 Å². The molecule has 9 heteroatoms. The summed E-state index contributed by atoms with van der Waals surface area (Å²) in [5.41, 5.74) is 3.37. The number of carbonyl (C=O) groups excluding carboxylic acids is 1. The lowest BCUT2D eigenvalue weighted by Gasteiger charge is -2.36. The lowest BCUT2D eigenvalue weighted by atomic mass is 9.86. The van der Waals surface area contributed by atoms with Crippen LogP contribution in [0.3, 0.4) is 0 Å². The van der Waals surface area contributed by atoms with Crippen LogP contribution >= 0.6 is 0 Å². The molecule has 0 spiro atoms. The van der Waals surface area contributed by atoms with Crippen LogP contribution in [0.2, 0.25) is 0 Å². The minimum Gasteiger partial charge on any atom is -0.373 e. The number of H-pyrrole nitrogens is 1. The Bertz CT molecular complexity index is 1260. The van der Waals surface area contributed by atoms with Gasteiger partial charge in [0.15, 0.2) is 0 Å². The van der Waals surface area contributed by atoms with Crippen LogP contribution in [-0.4, -0.2) is 50.7 Å². The maximum Gasteiger partial charge on any atom is 0.426 e. The number of aryl methyl sites for hydroxylation is 1. The van der Waals surface area contributed by atoms with Crippen molar-refractivity contribution in [3.8, 4) is 11.1 Å². The highest BCUT2D eigenvalue weighted by atomic mass is 19.4. The highest BCUT2D eigenvalue weighted by molar-refractivity contribution is 5.86. The van der Waals surface area contributed by atoms with Crippen LogP contribution in [0.25, 0.3) is 22.2 Å². The van der Waals surface area contributed by atoms with Crippen molar-refractivity contribution >= 4 is 16.9 Å². The smallest absolute Gasteiger partial charge is 0.373 e. The molecule has 1 unspecified atom stereocenters. The quantitative estimate of drug-likeness (QED) is 0.535. The Kier molecular flexibility index (Phi) is 5.44. The molecule has 4 heterocycles.